The third-order valence-corrected chi connectivity index (χ3v) is 3.30. The third-order valence-electron chi connectivity index (χ3n) is 3.30. The van der Waals surface area contributed by atoms with Gasteiger partial charge in [-0.05, 0) is 37.3 Å². The second kappa shape index (κ2) is 5.82. The van der Waals surface area contributed by atoms with E-state index >= 15 is 0 Å². The maximum Gasteiger partial charge on any atom is 0.238 e. The minimum atomic E-state index is 0.0377. The van der Waals surface area contributed by atoms with E-state index in [-0.39, 0.29) is 5.91 Å². The zero-order valence-corrected chi connectivity index (χ0v) is 10.3. The molecule has 2 rings (SSSR count). The average Bonchev–Trinajstić information content (AvgIpc) is 2.74. The Hall–Kier alpha value is -1.35. The summed E-state index contributed by atoms with van der Waals surface area (Å²) in [6.07, 6.45) is 3.66. The largest absolute Gasteiger partial charge is 0.325 e. The van der Waals surface area contributed by atoms with Crippen LogP contribution in [0.25, 0.3) is 0 Å². The van der Waals surface area contributed by atoms with Crippen molar-refractivity contribution in [1.29, 1.82) is 0 Å². The highest BCUT2D eigenvalue weighted by molar-refractivity contribution is 5.92. The van der Waals surface area contributed by atoms with E-state index in [1.807, 2.05) is 30.3 Å². The molecule has 0 saturated heterocycles. The molecule has 2 unspecified atom stereocenters. The minimum Gasteiger partial charge on any atom is -0.325 e. The third kappa shape index (κ3) is 3.86. The van der Waals surface area contributed by atoms with E-state index < -0.39 is 0 Å². The van der Waals surface area contributed by atoms with Crippen LogP contribution in [0, 0.1) is 5.92 Å². The van der Waals surface area contributed by atoms with E-state index in [2.05, 4.69) is 17.6 Å². The quantitative estimate of drug-likeness (QED) is 0.837. The normalized spacial score (nSPS) is 23.6. The van der Waals surface area contributed by atoms with E-state index in [0.29, 0.717) is 12.6 Å². The molecule has 1 fully saturated rings. The van der Waals surface area contributed by atoms with Gasteiger partial charge in [0.25, 0.3) is 0 Å². The zero-order chi connectivity index (χ0) is 12.1. The first-order chi connectivity index (χ1) is 8.24. The second-order valence-electron chi connectivity index (χ2n) is 4.91. The molecule has 0 aromatic heterocycles. The summed E-state index contributed by atoms with van der Waals surface area (Å²) >= 11 is 0. The summed E-state index contributed by atoms with van der Waals surface area (Å²) < 4.78 is 0. The minimum absolute atomic E-state index is 0.0377. The molecule has 92 valence electrons. The lowest BCUT2D eigenvalue weighted by molar-refractivity contribution is -0.115. The molecule has 1 aliphatic carbocycles. The maximum atomic E-state index is 11.7. The van der Waals surface area contributed by atoms with Gasteiger partial charge in [-0.1, -0.05) is 25.1 Å². The van der Waals surface area contributed by atoms with Gasteiger partial charge in [0.1, 0.15) is 0 Å². The van der Waals surface area contributed by atoms with Crippen molar-refractivity contribution >= 4 is 11.6 Å². The van der Waals surface area contributed by atoms with Gasteiger partial charge >= 0.3 is 0 Å². The van der Waals surface area contributed by atoms with E-state index in [1.165, 1.54) is 19.3 Å². The van der Waals surface area contributed by atoms with Gasteiger partial charge in [-0.25, -0.2) is 0 Å². The van der Waals surface area contributed by atoms with Gasteiger partial charge in [-0.2, -0.15) is 0 Å². The van der Waals surface area contributed by atoms with Gasteiger partial charge in [0.2, 0.25) is 5.91 Å². The first-order valence-electron chi connectivity index (χ1n) is 6.32. The number of anilines is 1. The van der Waals surface area contributed by atoms with E-state index in [9.17, 15) is 4.79 Å². The van der Waals surface area contributed by atoms with Gasteiger partial charge in [0.05, 0.1) is 6.54 Å². The number of carbonyl (C=O) groups excluding carboxylic acids is 1. The molecular formula is C14H20N2O. The molecule has 1 saturated carbocycles. The van der Waals surface area contributed by atoms with E-state index in [0.717, 1.165) is 11.6 Å². The van der Waals surface area contributed by atoms with Gasteiger partial charge in [-0.3, -0.25) is 4.79 Å². The summed E-state index contributed by atoms with van der Waals surface area (Å²) in [7, 11) is 0. The predicted molar refractivity (Wildman–Crippen MR) is 69.9 cm³/mol. The summed E-state index contributed by atoms with van der Waals surface area (Å²) in [6, 6.07) is 10.1. The highest BCUT2D eigenvalue weighted by atomic mass is 16.1. The summed E-state index contributed by atoms with van der Waals surface area (Å²) in [5.41, 5.74) is 0.860. The Kier molecular flexibility index (Phi) is 4.15. The van der Waals surface area contributed by atoms with Crippen LogP contribution in [0.1, 0.15) is 26.2 Å². The highest BCUT2D eigenvalue weighted by Crippen LogP contribution is 2.24. The van der Waals surface area contributed by atoms with E-state index in [4.69, 9.17) is 0 Å². The summed E-state index contributed by atoms with van der Waals surface area (Å²) in [4.78, 5) is 11.7. The topological polar surface area (TPSA) is 41.1 Å². The monoisotopic (exact) mass is 232 g/mol. The Morgan fingerprint density at radius 3 is 2.71 bits per heavy atom. The van der Waals surface area contributed by atoms with Crippen molar-refractivity contribution in [2.45, 2.75) is 32.2 Å². The Bertz CT molecular complexity index is 364. The van der Waals surface area contributed by atoms with Crippen LogP contribution in [0.15, 0.2) is 30.3 Å². The molecule has 1 aromatic rings. The molecule has 0 aliphatic heterocycles. The first-order valence-corrected chi connectivity index (χ1v) is 6.32. The molecule has 0 bridgehead atoms. The number of amides is 1. The Labute approximate surface area is 103 Å². The maximum absolute atomic E-state index is 11.7. The Balaban J connectivity index is 1.71. The van der Waals surface area contributed by atoms with Gasteiger partial charge < -0.3 is 10.6 Å². The number of hydrogen-bond donors (Lipinski definition) is 2. The van der Waals surface area contributed by atoms with Crippen molar-refractivity contribution in [2.24, 2.45) is 5.92 Å². The summed E-state index contributed by atoms with van der Waals surface area (Å²) in [5.74, 6) is 0.834. The Morgan fingerprint density at radius 1 is 1.29 bits per heavy atom. The van der Waals surface area contributed by atoms with Gasteiger partial charge in [0.15, 0.2) is 0 Å². The average molecular weight is 232 g/mol. The fraction of sp³-hybridized carbons (Fsp3) is 0.500. The van der Waals surface area contributed by atoms with Gasteiger partial charge in [-0.15, -0.1) is 0 Å². The van der Waals surface area contributed by atoms with Crippen LogP contribution >= 0.6 is 0 Å². The fourth-order valence-electron chi connectivity index (χ4n) is 2.36. The molecule has 0 radical (unpaired) electrons. The molecule has 1 aromatic carbocycles. The zero-order valence-electron chi connectivity index (χ0n) is 10.3. The SMILES string of the molecule is CC1CCC(NCC(=O)Nc2ccccc2)C1. The molecule has 3 nitrogen and oxygen atoms in total. The number of para-hydroxylation sites is 1. The van der Waals surface area contributed by atoms with Crippen LogP contribution in [0.5, 0.6) is 0 Å². The van der Waals surface area contributed by atoms with Gasteiger partial charge in [0, 0.05) is 11.7 Å². The molecule has 2 atom stereocenters. The standard InChI is InChI=1S/C14H20N2O/c1-11-7-8-13(9-11)15-10-14(17)16-12-5-3-2-4-6-12/h2-6,11,13,15H,7-10H2,1H3,(H,16,17). The Morgan fingerprint density at radius 2 is 2.06 bits per heavy atom. The highest BCUT2D eigenvalue weighted by Gasteiger charge is 2.21. The predicted octanol–water partition coefficient (Wildman–Crippen LogP) is 2.40. The van der Waals surface area contributed by atoms with Crippen LogP contribution in [-0.4, -0.2) is 18.5 Å². The van der Waals surface area contributed by atoms with Crippen LogP contribution in [0.2, 0.25) is 0 Å². The van der Waals surface area contributed by atoms with Crippen molar-refractivity contribution in [1.82, 2.24) is 5.32 Å². The van der Waals surface area contributed by atoms with Crippen molar-refractivity contribution < 1.29 is 4.79 Å². The number of hydrogen-bond acceptors (Lipinski definition) is 2. The number of benzene rings is 1. The molecule has 1 amide bonds. The molecular weight excluding hydrogens is 212 g/mol. The lowest BCUT2D eigenvalue weighted by Crippen LogP contribution is -2.34. The fourth-order valence-corrected chi connectivity index (χ4v) is 2.36. The van der Waals surface area contributed by atoms with E-state index in [1.54, 1.807) is 0 Å². The molecule has 0 heterocycles. The van der Waals surface area contributed by atoms with Crippen molar-refractivity contribution in [3.05, 3.63) is 30.3 Å². The first kappa shape index (κ1) is 12.1. The van der Waals surface area contributed by atoms with Crippen molar-refractivity contribution in [3.8, 4) is 0 Å². The van der Waals surface area contributed by atoms with Crippen molar-refractivity contribution in [3.63, 3.8) is 0 Å². The number of rotatable bonds is 4. The summed E-state index contributed by atoms with van der Waals surface area (Å²) in [5, 5.41) is 6.20. The molecule has 2 N–H and O–H groups in total. The second-order valence-corrected chi connectivity index (χ2v) is 4.91. The summed E-state index contributed by atoms with van der Waals surface area (Å²) in [6.45, 7) is 2.68. The molecule has 3 heteroatoms. The van der Waals surface area contributed by atoms with Crippen LogP contribution in [0.3, 0.4) is 0 Å². The van der Waals surface area contributed by atoms with Crippen LogP contribution < -0.4 is 10.6 Å². The lowest BCUT2D eigenvalue weighted by Gasteiger charge is -2.12. The van der Waals surface area contributed by atoms with Crippen LogP contribution in [-0.2, 0) is 4.79 Å². The molecule has 17 heavy (non-hydrogen) atoms. The number of nitrogens with one attached hydrogen (secondary N) is 2. The molecule has 1 aliphatic rings. The van der Waals surface area contributed by atoms with Crippen LogP contribution in [0.4, 0.5) is 5.69 Å². The lowest BCUT2D eigenvalue weighted by atomic mass is 10.1. The smallest absolute Gasteiger partial charge is 0.238 e. The number of carbonyl (C=O) groups is 1. The molecule has 0 spiro atoms. The van der Waals surface area contributed by atoms with Crippen molar-refractivity contribution in [2.75, 3.05) is 11.9 Å².